The van der Waals surface area contributed by atoms with Crippen molar-refractivity contribution in [3.8, 4) is 22.9 Å². The van der Waals surface area contributed by atoms with Crippen molar-refractivity contribution in [1.29, 1.82) is 0 Å². The molecule has 0 bridgehead atoms. The fourth-order valence-electron chi connectivity index (χ4n) is 3.42. The van der Waals surface area contributed by atoms with Gasteiger partial charge in [-0.25, -0.2) is 4.98 Å². The number of carbonyl (C=O) groups is 1. The van der Waals surface area contributed by atoms with Gasteiger partial charge in [0.25, 0.3) is 5.56 Å². The average molecular weight is 450 g/mol. The molecule has 0 aliphatic heterocycles. The van der Waals surface area contributed by atoms with Gasteiger partial charge in [-0.1, -0.05) is 35.9 Å². The molecule has 0 aliphatic carbocycles. The molecule has 0 atom stereocenters. The Balaban J connectivity index is 1.74. The second-order valence-corrected chi connectivity index (χ2v) is 7.35. The third-order valence-corrected chi connectivity index (χ3v) is 5.27. The molecule has 0 unspecified atom stereocenters. The van der Waals surface area contributed by atoms with Crippen molar-refractivity contribution in [2.45, 2.75) is 6.54 Å². The predicted molar refractivity (Wildman–Crippen MR) is 125 cm³/mol. The van der Waals surface area contributed by atoms with Crippen LogP contribution in [0.5, 0.6) is 11.5 Å². The van der Waals surface area contributed by atoms with Crippen LogP contribution < -0.4 is 20.3 Å². The van der Waals surface area contributed by atoms with Gasteiger partial charge in [0.15, 0.2) is 11.5 Å². The third-order valence-electron chi connectivity index (χ3n) is 4.95. The lowest BCUT2D eigenvalue weighted by atomic mass is 10.1. The summed E-state index contributed by atoms with van der Waals surface area (Å²) in [5, 5.41) is 3.64. The molecule has 1 amide bonds. The molecular weight excluding hydrogens is 430 g/mol. The van der Waals surface area contributed by atoms with E-state index < -0.39 is 5.91 Å². The van der Waals surface area contributed by atoms with E-state index >= 15 is 0 Å². The summed E-state index contributed by atoms with van der Waals surface area (Å²) in [5.74, 6) is 0.944. The van der Waals surface area contributed by atoms with E-state index in [2.05, 4.69) is 10.3 Å². The van der Waals surface area contributed by atoms with Crippen LogP contribution in [0.4, 0.5) is 5.69 Å². The molecule has 162 valence electrons. The molecule has 4 aromatic rings. The van der Waals surface area contributed by atoms with Crippen molar-refractivity contribution in [2.24, 2.45) is 0 Å². The number of anilines is 1. The quantitative estimate of drug-likeness (QED) is 0.472. The lowest BCUT2D eigenvalue weighted by molar-refractivity contribution is -0.116. The smallest absolute Gasteiger partial charge is 0.262 e. The summed E-state index contributed by atoms with van der Waals surface area (Å²) in [4.78, 5) is 30.8. The molecule has 1 N–H and O–H groups in total. The number of amides is 1. The van der Waals surface area contributed by atoms with Crippen LogP contribution >= 0.6 is 11.6 Å². The Labute approximate surface area is 189 Å². The van der Waals surface area contributed by atoms with Gasteiger partial charge in [-0.05, 0) is 36.4 Å². The first-order chi connectivity index (χ1) is 15.5. The van der Waals surface area contributed by atoms with Gasteiger partial charge in [0.1, 0.15) is 12.4 Å². The highest BCUT2D eigenvalue weighted by atomic mass is 35.5. The number of nitrogens with zero attached hydrogens (tertiary/aromatic N) is 2. The number of benzene rings is 3. The van der Waals surface area contributed by atoms with E-state index in [0.29, 0.717) is 44.5 Å². The van der Waals surface area contributed by atoms with Crippen LogP contribution in [-0.4, -0.2) is 29.7 Å². The molecule has 0 spiro atoms. The molecule has 1 aromatic heterocycles. The molecule has 0 saturated carbocycles. The zero-order valence-corrected chi connectivity index (χ0v) is 18.2. The highest BCUT2D eigenvalue weighted by Gasteiger charge is 2.17. The molecule has 8 heteroatoms. The van der Waals surface area contributed by atoms with Gasteiger partial charge < -0.3 is 14.8 Å². The number of aromatic nitrogens is 2. The van der Waals surface area contributed by atoms with Gasteiger partial charge in [0, 0.05) is 17.3 Å². The van der Waals surface area contributed by atoms with Crippen LogP contribution in [0.15, 0.2) is 71.5 Å². The fraction of sp³-hybridized carbons (Fsp3) is 0.125. The third kappa shape index (κ3) is 4.15. The van der Waals surface area contributed by atoms with Gasteiger partial charge in [-0.15, -0.1) is 0 Å². The molecular formula is C24H20ClN3O4. The monoisotopic (exact) mass is 449 g/mol. The van der Waals surface area contributed by atoms with E-state index in [1.54, 1.807) is 66.7 Å². The second kappa shape index (κ2) is 9.11. The molecule has 1 heterocycles. The number of hydrogen-bond acceptors (Lipinski definition) is 5. The molecule has 4 rings (SSSR count). The first-order valence-electron chi connectivity index (χ1n) is 9.78. The number of methoxy groups -OCH3 is 2. The van der Waals surface area contributed by atoms with Crippen molar-refractivity contribution >= 4 is 34.1 Å². The number of hydrogen-bond donors (Lipinski definition) is 1. The maximum Gasteiger partial charge on any atom is 0.262 e. The van der Waals surface area contributed by atoms with Crippen molar-refractivity contribution in [3.63, 3.8) is 0 Å². The minimum Gasteiger partial charge on any atom is -0.493 e. The number of fused-ring (bicyclic) bond motifs is 1. The van der Waals surface area contributed by atoms with Crippen molar-refractivity contribution in [3.05, 3.63) is 82.1 Å². The number of ether oxygens (including phenoxy) is 2. The minimum absolute atomic E-state index is 0.244. The number of nitrogens with one attached hydrogen (secondary N) is 1. The van der Waals surface area contributed by atoms with E-state index in [4.69, 9.17) is 21.1 Å². The van der Waals surface area contributed by atoms with Crippen LogP contribution in [0, 0.1) is 0 Å². The molecule has 32 heavy (non-hydrogen) atoms. The molecule has 7 nitrogen and oxygen atoms in total. The zero-order valence-electron chi connectivity index (χ0n) is 17.5. The summed E-state index contributed by atoms with van der Waals surface area (Å²) in [7, 11) is 3.05. The van der Waals surface area contributed by atoms with Crippen molar-refractivity contribution < 1.29 is 14.3 Å². The van der Waals surface area contributed by atoms with E-state index in [1.165, 1.54) is 18.8 Å². The lowest BCUT2D eigenvalue weighted by Crippen LogP contribution is -2.30. The maximum absolute atomic E-state index is 13.3. The van der Waals surface area contributed by atoms with E-state index in [1.807, 2.05) is 0 Å². The van der Waals surface area contributed by atoms with Crippen LogP contribution in [0.1, 0.15) is 0 Å². The Morgan fingerprint density at radius 1 is 1.00 bits per heavy atom. The maximum atomic E-state index is 13.3. The molecule has 0 aliphatic rings. The Bertz CT molecular complexity index is 1370. The molecule has 0 saturated heterocycles. The first-order valence-corrected chi connectivity index (χ1v) is 10.2. The summed E-state index contributed by atoms with van der Waals surface area (Å²) in [5.41, 5.74) is 1.28. The highest BCUT2D eigenvalue weighted by Crippen LogP contribution is 2.30. The standard InChI is InChI=1S/C24H20ClN3O4/c1-31-20-12-11-15(13-21(20)32-2)26-22(29)14-28-23(16-7-3-5-9-18(16)25)27-19-10-6-4-8-17(19)24(28)30/h3-13H,14H2,1-2H3,(H,26,29). The van der Waals surface area contributed by atoms with E-state index in [-0.39, 0.29) is 12.1 Å². The normalized spacial score (nSPS) is 10.7. The van der Waals surface area contributed by atoms with Gasteiger partial charge >= 0.3 is 0 Å². The Morgan fingerprint density at radius 2 is 1.72 bits per heavy atom. The summed E-state index contributed by atoms with van der Waals surface area (Å²) >= 11 is 6.38. The van der Waals surface area contributed by atoms with Crippen LogP contribution in [-0.2, 0) is 11.3 Å². The first kappa shape index (κ1) is 21.4. The second-order valence-electron chi connectivity index (χ2n) is 6.94. The Morgan fingerprint density at radius 3 is 2.47 bits per heavy atom. The fourth-order valence-corrected chi connectivity index (χ4v) is 3.64. The lowest BCUT2D eigenvalue weighted by Gasteiger charge is -2.15. The number of halogens is 1. The van der Waals surface area contributed by atoms with Crippen molar-refractivity contribution in [2.75, 3.05) is 19.5 Å². The summed E-state index contributed by atoms with van der Waals surface area (Å²) in [6.45, 7) is -0.244. The number of carbonyl (C=O) groups excluding carboxylic acids is 1. The highest BCUT2D eigenvalue weighted by molar-refractivity contribution is 6.33. The van der Waals surface area contributed by atoms with E-state index in [0.717, 1.165) is 0 Å². The number of rotatable bonds is 6. The average Bonchev–Trinajstić information content (AvgIpc) is 2.81. The van der Waals surface area contributed by atoms with Crippen LogP contribution in [0.25, 0.3) is 22.3 Å². The SMILES string of the molecule is COc1ccc(NC(=O)Cn2c(-c3ccccc3Cl)nc3ccccc3c2=O)cc1OC. The van der Waals surface area contributed by atoms with Crippen molar-refractivity contribution in [1.82, 2.24) is 9.55 Å². The zero-order chi connectivity index (χ0) is 22.7. The molecule has 0 radical (unpaired) electrons. The summed E-state index contributed by atoms with van der Waals surface area (Å²) in [6.07, 6.45) is 0. The van der Waals surface area contributed by atoms with Gasteiger partial charge in [0.2, 0.25) is 5.91 Å². The largest absolute Gasteiger partial charge is 0.493 e. The van der Waals surface area contributed by atoms with Crippen LogP contribution in [0.2, 0.25) is 5.02 Å². The molecule has 0 fully saturated rings. The van der Waals surface area contributed by atoms with Crippen LogP contribution in [0.3, 0.4) is 0 Å². The minimum atomic E-state index is -0.398. The topological polar surface area (TPSA) is 82.5 Å². The van der Waals surface area contributed by atoms with Gasteiger partial charge in [0.05, 0.1) is 30.1 Å². The van der Waals surface area contributed by atoms with E-state index in [9.17, 15) is 9.59 Å². The number of para-hydroxylation sites is 1. The predicted octanol–water partition coefficient (Wildman–Crippen LogP) is 4.37. The summed E-state index contributed by atoms with van der Waals surface area (Å²) in [6, 6.07) is 19.1. The summed E-state index contributed by atoms with van der Waals surface area (Å²) < 4.78 is 11.8. The van der Waals surface area contributed by atoms with Gasteiger partial charge in [-0.2, -0.15) is 0 Å². The van der Waals surface area contributed by atoms with Gasteiger partial charge in [-0.3, -0.25) is 14.2 Å². The Hall–Kier alpha value is -3.84. The Kier molecular flexibility index (Phi) is 6.09. The molecule has 3 aromatic carbocycles.